The van der Waals surface area contributed by atoms with Crippen molar-refractivity contribution >= 4 is 35.0 Å². The second-order valence-electron chi connectivity index (χ2n) is 6.34. The van der Waals surface area contributed by atoms with E-state index >= 15 is 0 Å². The molecular formula is C19H18ClN3O6. The minimum absolute atomic E-state index is 0.215. The van der Waals surface area contributed by atoms with Gasteiger partial charge in [0.05, 0.1) is 18.8 Å². The van der Waals surface area contributed by atoms with Crippen LogP contribution >= 0.6 is 11.6 Å². The summed E-state index contributed by atoms with van der Waals surface area (Å²) in [5.74, 6) is -1.17. The van der Waals surface area contributed by atoms with Crippen molar-refractivity contribution in [3.63, 3.8) is 0 Å². The van der Waals surface area contributed by atoms with Crippen LogP contribution in [0.15, 0.2) is 36.5 Å². The molecule has 1 aliphatic heterocycles. The monoisotopic (exact) mass is 419 g/mol. The number of aromatic nitrogens is 1. The first-order valence-electron chi connectivity index (χ1n) is 8.81. The zero-order chi connectivity index (χ0) is 21.0. The maximum absolute atomic E-state index is 13.1. The van der Waals surface area contributed by atoms with Gasteiger partial charge in [-0.3, -0.25) is 4.79 Å². The Morgan fingerprint density at radius 3 is 2.79 bits per heavy atom. The number of pyridine rings is 1. The van der Waals surface area contributed by atoms with Gasteiger partial charge in [0.15, 0.2) is 6.20 Å². The summed E-state index contributed by atoms with van der Waals surface area (Å²) in [6.07, 6.45) is 1.94. The molecule has 1 aliphatic rings. The fourth-order valence-corrected chi connectivity index (χ4v) is 3.31. The molecule has 0 N–H and O–H groups in total. The Morgan fingerprint density at radius 1 is 1.34 bits per heavy atom. The number of carbonyl (C=O) groups excluding carboxylic acids is 2. The molecule has 0 saturated carbocycles. The van der Waals surface area contributed by atoms with Crippen molar-refractivity contribution in [3.8, 4) is 0 Å². The van der Waals surface area contributed by atoms with Crippen LogP contribution in [0, 0.1) is 10.1 Å². The van der Waals surface area contributed by atoms with Crippen molar-refractivity contribution in [2.45, 2.75) is 18.9 Å². The average molecular weight is 420 g/mol. The van der Waals surface area contributed by atoms with Crippen LogP contribution in [0.3, 0.4) is 0 Å². The van der Waals surface area contributed by atoms with E-state index in [1.165, 1.54) is 25.4 Å². The lowest BCUT2D eigenvalue weighted by Gasteiger charge is -2.24. The van der Waals surface area contributed by atoms with Crippen LogP contribution in [0.2, 0.25) is 5.02 Å². The molecule has 1 unspecified atom stereocenters. The molecule has 1 atom stereocenters. The Morgan fingerprint density at radius 2 is 2.14 bits per heavy atom. The molecule has 152 valence electrons. The van der Waals surface area contributed by atoms with E-state index in [0.29, 0.717) is 35.7 Å². The Bertz CT molecular complexity index is 934. The molecule has 0 radical (unpaired) electrons. The van der Waals surface area contributed by atoms with Gasteiger partial charge in [-0.25, -0.2) is 4.79 Å². The van der Waals surface area contributed by atoms with E-state index in [-0.39, 0.29) is 23.9 Å². The first kappa shape index (κ1) is 20.7. The Hall–Kier alpha value is -3.04. The number of nitrogens with zero attached hydrogens (tertiary/aromatic N) is 3. The maximum Gasteiger partial charge on any atom is 0.363 e. The van der Waals surface area contributed by atoms with Crippen LogP contribution in [0.25, 0.3) is 0 Å². The predicted octanol–water partition coefficient (Wildman–Crippen LogP) is 3.31. The lowest BCUT2D eigenvalue weighted by Crippen LogP contribution is -2.31. The molecule has 1 aromatic carbocycles. The molecule has 2 aromatic rings. The molecule has 10 heteroatoms. The van der Waals surface area contributed by atoms with Crippen molar-refractivity contribution < 1.29 is 24.0 Å². The van der Waals surface area contributed by atoms with Crippen molar-refractivity contribution in [2.75, 3.05) is 25.2 Å². The van der Waals surface area contributed by atoms with Crippen molar-refractivity contribution in [3.05, 3.63) is 62.8 Å². The number of fused-ring (bicyclic) bond motifs is 1. The van der Waals surface area contributed by atoms with Gasteiger partial charge in [-0.15, -0.1) is 0 Å². The lowest BCUT2D eigenvalue weighted by atomic mass is 10.0. The molecule has 0 fully saturated rings. The molecule has 2 heterocycles. The first-order chi connectivity index (χ1) is 13.9. The smallest absolute Gasteiger partial charge is 0.363 e. The van der Waals surface area contributed by atoms with Gasteiger partial charge in [-0.2, -0.15) is 0 Å². The summed E-state index contributed by atoms with van der Waals surface area (Å²) >= 11 is 6.15. The molecule has 0 spiro atoms. The second-order valence-corrected chi connectivity index (χ2v) is 6.78. The number of amides is 1. The lowest BCUT2D eigenvalue weighted by molar-refractivity contribution is -0.389. The summed E-state index contributed by atoms with van der Waals surface area (Å²) in [7, 11) is 1.28. The topological polar surface area (TPSA) is 112 Å². The fourth-order valence-electron chi connectivity index (χ4n) is 3.13. The summed E-state index contributed by atoms with van der Waals surface area (Å²) in [6, 6.07) is 7.65. The van der Waals surface area contributed by atoms with Crippen LogP contribution < -0.4 is 4.90 Å². The van der Waals surface area contributed by atoms with Crippen LogP contribution in [-0.2, 0) is 14.3 Å². The summed E-state index contributed by atoms with van der Waals surface area (Å²) in [5, 5.41) is 11.3. The van der Waals surface area contributed by atoms with Gasteiger partial charge in [0.1, 0.15) is 6.61 Å². The zero-order valence-electron chi connectivity index (χ0n) is 15.5. The van der Waals surface area contributed by atoms with Gasteiger partial charge in [0, 0.05) is 28.9 Å². The third-order valence-corrected chi connectivity index (χ3v) is 4.77. The number of carbonyl (C=O) groups is 2. The third kappa shape index (κ3) is 4.69. The van der Waals surface area contributed by atoms with Gasteiger partial charge in [-0.1, -0.05) is 11.6 Å². The van der Waals surface area contributed by atoms with Crippen molar-refractivity contribution in [1.29, 1.82) is 0 Å². The molecule has 0 saturated heterocycles. The summed E-state index contributed by atoms with van der Waals surface area (Å²) in [5.41, 5.74) is 1.51. The normalized spacial score (nSPS) is 15.9. The predicted molar refractivity (Wildman–Crippen MR) is 104 cm³/mol. The van der Waals surface area contributed by atoms with Crippen molar-refractivity contribution in [2.24, 2.45) is 0 Å². The quantitative estimate of drug-likeness (QED) is 0.415. The third-order valence-electron chi connectivity index (χ3n) is 4.53. The van der Waals surface area contributed by atoms with E-state index in [9.17, 15) is 19.7 Å². The SMILES string of the molecule is COC(=O)COC1CCCN(C(=O)c2ccc([N+](=O)[O-])nc2)c2ccc(Cl)cc21. The average Bonchev–Trinajstić information content (AvgIpc) is 2.90. The number of esters is 1. The maximum atomic E-state index is 13.1. The van der Waals surface area contributed by atoms with Crippen LogP contribution in [0.4, 0.5) is 11.5 Å². The van der Waals surface area contributed by atoms with E-state index in [1.54, 1.807) is 23.1 Å². The summed E-state index contributed by atoms with van der Waals surface area (Å²) in [4.78, 5) is 40.0. The molecule has 1 amide bonds. The highest BCUT2D eigenvalue weighted by molar-refractivity contribution is 6.30. The summed E-state index contributed by atoms with van der Waals surface area (Å²) in [6.45, 7) is 0.190. The van der Waals surface area contributed by atoms with Gasteiger partial charge in [-0.05, 0) is 47.0 Å². The molecule has 9 nitrogen and oxygen atoms in total. The van der Waals surface area contributed by atoms with Gasteiger partial charge in [0.2, 0.25) is 0 Å². The van der Waals surface area contributed by atoms with E-state index in [2.05, 4.69) is 9.72 Å². The largest absolute Gasteiger partial charge is 0.467 e. The molecular weight excluding hydrogens is 402 g/mol. The van der Waals surface area contributed by atoms with Gasteiger partial charge >= 0.3 is 11.8 Å². The number of rotatable bonds is 5. The number of methoxy groups -OCH3 is 1. The van der Waals surface area contributed by atoms with Gasteiger partial charge < -0.3 is 24.5 Å². The number of halogens is 1. The fraction of sp³-hybridized carbons (Fsp3) is 0.316. The highest BCUT2D eigenvalue weighted by Gasteiger charge is 2.29. The van der Waals surface area contributed by atoms with Crippen LogP contribution in [0.5, 0.6) is 0 Å². The molecule has 0 aliphatic carbocycles. The van der Waals surface area contributed by atoms with Crippen molar-refractivity contribution in [1.82, 2.24) is 4.98 Å². The van der Waals surface area contributed by atoms with E-state index in [4.69, 9.17) is 16.3 Å². The number of hydrogen-bond acceptors (Lipinski definition) is 7. The van der Waals surface area contributed by atoms with E-state index in [1.807, 2.05) is 0 Å². The molecule has 0 bridgehead atoms. The van der Waals surface area contributed by atoms with E-state index < -0.39 is 17.0 Å². The number of hydrogen-bond donors (Lipinski definition) is 0. The molecule has 3 rings (SSSR count). The zero-order valence-corrected chi connectivity index (χ0v) is 16.3. The Balaban J connectivity index is 1.91. The number of ether oxygens (including phenoxy) is 2. The highest BCUT2D eigenvalue weighted by atomic mass is 35.5. The number of anilines is 1. The number of benzene rings is 1. The minimum Gasteiger partial charge on any atom is -0.467 e. The Labute approximate surface area is 171 Å². The molecule has 1 aromatic heterocycles. The molecule has 29 heavy (non-hydrogen) atoms. The minimum atomic E-state index is -0.624. The van der Waals surface area contributed by atoms with E-state index in [0.717, 1.165) is 0 Å². The highest BCUT2D eigenvalue weighted by Crippen LogP contribution is 2.37. The van der Waals surface area contributed by atoms with Crippen LogP contribution in [-0.4, -0.2) is 42.0 Å². The number of nitro groups is 1. The Kier molecular flexibility index (Phi) is 6.40. The first-order valence-corrected chi connectivity index (χ1v) is 9.18. The van der Waals surface area contributed by atoms with Crippen LogP contribution in [0.1, 0.15) is 34.9 Å². The second kappa shape index (κ2) is 8.97. The summed E-state index contributed by atoms with van der Waals surface area (Å²) < 4.78 is 10.3. The standard InChI is InChI=1S/C19H18ClN3O6/c1-28-18(24)11-29-16-3-2-8-22(15-6-5-13(20)9-14(15)16)19(25)12-4-7-17(21-10-12)23(26)27/h4-7,9-10,16H,2-3,8,11H2,1H3. The van der Waals surface area contributed by atoms with Gasteiger partial charge in [0.25, 0.3) is 5.91 Å².